The van der Waals surface area contributed by atoms with Crippen molar-refractivity contribution in [1.82, 2.24) is 5.32 Å². The molecule has 3 rings (SSSR count). The van der Waals surface area contributed by atoms with E-state index in [9.17, 15) is 9.59 Å². The number of hydrogen-bond donors (Lipinski definition) is 2. The summed E-state index contributed by atoms with van der Waals surface area (Å²) in [5.74, 6) is 2.89. The Bertz CT molecular complexity index is 602. The van der Waals surface area contributed by atoms with Gasteiger partial charge in [-0.2, -0.15) is 0 Å². The fraction of sp³-hybridized carbons (Fsp3) is 0.579. The molecule has 0 aromatic heterocycles. The maximum absolute atomic E-state index is 12.2. The van der Waals surface area contributed by atoms with E-state index in [1.165, 1.54) is 44.4 Å². The highest BCUT2D eigenvalue weighted by molar-refractivity contribution is 8.00. The SMILES string of the molecule is CC(=O)Nc1ccc(SCC(=O)NC(C)C2CC3CCC2C3)cc1. The normalized spacial score (nSPS) is 26.2. The van der Waals surface area contributed by atoms with Gasteiger partial charge < -0.3 is 10.6 Å². The van der Waals surface area contributed by atoms with Crippen LogP contribution in [-0.2, 0) is 9.59 Å². The minimum absolute atomic E-state index is 0.0793. The van der Waals surface area contributed by atoms with Crippen LogP contribution in [0.25, 0.3) is 0 Å². The largest absolute Gasteiger partial charge is 0.353 e. The minimum Gasteiger partial charge on any atom is -0.353 e. The Labute approximate surface area is 148 Å². The molecule has 2 fully saturated rings. The molecule has 2 amide bonds. The van der Waals surface area contributed by atoms with Gasteiger partial charge in [0.1, 0.15) is 0 Å². The topological polar surface area (TPSA) is 58.2 Å². The van der Waals surface area contributed by atoms with E-state index < -0.39 is 0 Å². The standard InChI is InChI=1S/C19H26N2O2S/c1-12(18-10-14-3-4-15(18)9-14)20-19(23)11-24-17-7-5-16(6-8-17)21-13(2)22/h5-8,12,14-15,18H,3-4,9-11H2,1-2H3,(H,20,23)(H,21,22). The number of nitrogens with one attached hydrogen (secondary N) is 2. The lowest BCUT2D eigenvalue weighted by molar-refractivity contribution is -0.119. The van der Waals surface area contributed by atoms with Gasteiger partial charge >= 0.3 is 0 Å². The fourth-order valence-electron chi connectivity index (χ4n) is 4.30. The van der Waals surface area contributed by atoms with Crippen molar-refractivity contribution in [2.75, 3.05) is 11.1 Å². The molecule has 130 valence electrons. The van der Waals surface area contributed by atoms with Crippen LogP contribution in [0.1, 0.15) is 39.5 Å². The smallest absolute Gasteiger partial charge is 0.230 e. The fourth-order valence-corrected chi connectivity index (χ4v) is 5.01. The summed E-state index contributed by atoms with van der Waals surface area (Å²) >= 11 is 1.53. The third-order valence-electron chi connectivity index (χ3n) is 5.37. The Kier molecular flexibility index (Phi) is 5.49. The van der Waals surface area contributed by atoms with Crippen LogP contribution in [0.5, 0.6) is 0 Å². The number of fused-ring (bicyclic) bond motifs is 2. The lowest BCUT2D eigenvalue weighted by Gasteiger charge is -2.28. The molecule has 2 saturated carbocycles. The summed E-state index contributed by atoms with van der Waals surface area (Å²) in [5.41, 5.74) is 0.779. The van der Waals surface area contributed by atoms with E-state index in [-0.39, 0.29) is 17.9 Å². The number of rotatable bonds is 6. The highest BCUT2D eigenvalue weighted by Crippen LogP contribution is 2.49. The van der Waals surface area contributed by atoms with E-state index in [2.05, 4.69) is 17.6 Å². The second kappa shape index (κ2) is 7.60. The van der Waals surface area contributed by atoms with Crippen LogP contribution in [0, 0.1) is 17.8 Å². The molecule has 5 heteroatoms. The first kappa shape index (κ1) is 17.3. The molecule has 4 unspecified atom stereocenters. The molecule has 2 N–H and O–H groups in total. The van der Waals surface area contributed by atoms with Gasteiger partial charge in [-0.05, 0) is 68.2 Å². The molecule has 24 heavy (non-hydrogen) atoms. The number of benzene rings is 1. The monoisotopic (exact) mass is 346 g/mol. The first-order chi connectivity index (χ1) is 11.5. The minimum atomic E-state index is -0.0793. The van der Waals surface area contributed by atoms with Crippen LogP contribution in [0.15, 0.2) is 29.2 Å². The maximum atomic E-state index is 12.2. The molecular formula is C19H26N2O2S. The van der Waals surface area contributed by atoms with E-state index in [1.54, 1.807) is 0 Å². The van der Waals surface area contributed by atoms with Gasteiger partial charge in [-0.25, -0.2) is 0 Å². The van der Waals surface area contributed by atoms with E-state index >= 15 is 0 Å². The van der Waals surface area contributed by atoms with E-state index in [1.807, 2.05) is 24.3 Å². The maximum Gasteiger partial charge on any atom is 0.230 e. The zero-order chi connectivity index (χ0) is 17.1. The van der Waals surface area contributed by atoms with Crippen molar-refractivity contribution >= 4 is 29.3 Å². The zero-order valence-corrected chi connectivity index (χ0v) is 15.2. The van der Waals surface area contributed by atoms with Gasteiger partial charge in [-0.15, -0.1) is 11.8 Å². The average Bonchev–Trinajstić information content (AvgIpc) is 3.17. The van der Waals surface area contributed by atoms with Gasteiger partial charge in [0.15, 0.2) is 0 Å². The van der Waals surface area contributed by atoms with Crippen molar-refractivity contribution < 1.29 is 9.59 Å². The second-order valence-corrected chi connectivity index (χ2v) is 8.24. The Morgan fingerprint density at radius 2 is 1.96 bits per heavy atom. The van der Waals surface area contributed by atoms with Gasteiger partial charge in [0, 0.05) is 23.5 Å². The van der Waals surface area contributed by atoms with Crippen LogP contribution < -0.4 is 10.6 Å². The van der Waals surface area contributed by atoms with Gasteiger partial charge in [0.2, 0.25) is 11.8 Å². The molecule has 0 aliphatic heterocycles. The molecule has 4 nitrogen and oxygen atoms in total. The van der Waals surface area contributed by atoms with Gasteiger partial charge in [0.25, 0.3) is 0 Å². The number of anilines is 1. The summed E-state index contributed by atoms with van der Waals surface area (Å²) in [4.78, 5) is 24.3. The second-order valence-electron chi connectivity index (χ2n) is 7.19. The van der Waals surface area contributed by atoms with E-state index in [4.69, 9.17) is 0 Å². The number of thioether (sulfide) groups is 1. The first-order valence-electron chi connectivity index (χ1n) is 8.81. The molecule has 2 aliphatic rings. The number of carbonyl (C=O) groups excluding carboxylic acids is 2. The van der Waals surface area contributed by atoms with Crippen molar-refractivity contribution in [3.8, 4) is 0 Å². The van der Waals surface area contributed by atoms with Crippen molar-refractivity contribution in [3.63, 3.8) is 0 Å². The van der Waals surface area contributed by atoms with Crippen LogP contribution in [0.2, 0.25) is 0 Å². The summed E-state index contributed by atoms with van der Waals surface area (Å²) in [6.07, 6.45) is 5.42. The van der Waals surface area contributed by atoms with Gasteiger partial charge in [-0.1, -0.05) is 6.42 Å². The number of amides is 2. The Hall–Kier alpha value is -1.49. The first-order valence-corrected chi connectivity index (χ1v) is 9.79. The summed E-state index contributed by atoms with van der Waals surface area (Å²) in [7, 11) is 0. The molecule has 0 radical (unpaired) electrons. The molecule has 2 bridgehead atoms. The molecular weight excluding hydrogens is 320 g/mol. The zero-order valence-electron chi connectivity index (χ0n) is 14.4. The highest BCUT2D eigenvalue weighted by Gasteiger charge is 2.42. The van der Waals surface area contributed by atoms with Crippen molar-refractivity contribution in [2.45, 2.75) is 50.5 Å². The van der Waals surface area contributed by atoms with Gasteiger partial charge in [0.05, 0.1) is 5.75 Å². The molecule has 0 saturated heterocycles. The molecule has 1 aromatic rings. The number of hydrogen-bond acceptors (Lipinski definition) is 3. The lowest BCUT2D eigenvalue weighted by Crippen LogP contribution is -2.40. The molecule has 4 atom stereocenters. The van der Waals surface area contributed by atoms with Crippen molar-refractivity contribution in [3.05, 3.63) is 24.3 Å². The summed E-state index contributed by atoms with van der Waals surface area (Å²) < 4.78 is 0. The third-order valence-corrected chi connectivity index (χ3v) is 6.38. The van der Waals surface area contributed by atoms with Crippen LogP contribution in [0.3, 0.4) is 0 Å². The summed E-state index contributed by atoms with van der Waals surface area (Å²) in [6, 6.07) is 7.88. The predicted octanol–water partition coefficient (Wildman–Crippen LogP) is 3.68. The molecule has 1 aromatic carbocycles. The van der Waals surface area contributed by atoms with Gasteiger partial charge in [-0.3, -0.25) is 9.59 Å². The quantitative estimate of drug-likeness (QED) is 0.773. The Balaban J connectivity index is 1.43. The Morgan fingerprint density at radius 3 is 2.54 bits per heavy atom. The van der Waals surface area contributed by atoms with E-state index in [0.717, 1.165) is 22.4 Å². The highest BCUT2D eigenvalue weighted by atomic mass is 32.2. The predicted molar refractivity (Wildman–Crippen MR) is 98.0 cm³/mol. The molecule has 0 heterocycles. The third kappa shape index (κ3) is 4.32. The van der Waals surface area contributed by atoms with Crippen molar-refractivity contribution in [1.29, 1.82) is 0 Å². The molecule has 2 aliphatic carbocycles. The van der Waals surface area contributed by atoms with E-state index in [0.29, 0.717) is 11.7 Å². The molecule has 0 spiro atoms. The Morgan fingerprint density at radius 1 is 1.21 bits per heavy atom. The van der Waals surface area contributed by atoms with Crippen LogP contribution in [0.4, 0.5) is 5.69 Å². The summed E-state index contributed by atoms with van der Waals surface area (Å²) in [6.45, 7) is 3.65. The van der Waals surface area contributed by atoms with Crippen LogP contribution in [-0.4, -0.2) is 23.6 Å². The summed E-state index contributed by atoms with van der Waals surface area (Å²) in [5, 5.41) is 5.94. The van der Waals surface area contributed by atoms with Crippen LogP contribution >= 0.6 is 11.8 Å². The van der Waals surface area contributed by atoms with Crippen molar-refractivity contribution in [2.24, 2.45) is 17.8 Å². The lowest BCUT2D eigenvalue weighted by atomic mass is 9.84. The average molecular weight is 346 g/mol. The number of carbonyl (C=O) groups is 2.